The summed E-state index contributed by atoms with van der Waals surface area (Å²) >= 11 is 0. The molecule has 5 heteroatoms. The lowest BCUT2D eigenvalue weighted by Gasteiger charge is -2.14. The van der Waals surface area contributed by atoms with Crippen molar-refractivity contribution in [3.8, 4) is 11.5 Å². The van der Waals surface area contributed by atoms with E-state index in [0.29, 0.717) is 31.0 Å². The second kappa shape index (κ2) is 6.13. The summed E-state index contributed by atoms with van der Waals surface area (Å²) in [4.78, 5) is 11.9. The molecule has 1 aliphatic carbocycles. The van der Waals surface area contributed by atoms with Gasteiger partial charge in [-0.1, -0.05) is 6.07 Å². The van der Waals surface area contributed by atoms with Crippen LogP contribution in [0.25, 0.3) is 0 Å². The summed E-state index contributed by atoms with van der Waals surface area (Å²) in [7, 11) is 3.17. The molecule has 0 aliphatic heterocycles. The van der Waals surface area contributed by atoms with Crippen LogP contribution in [0.4, 0.5) is 0 Å². The molecule has 1 amide bonds. The van der Waals surface area contributed by atoms with E-state index in [0.717, 1.165) is 18.4 Å². The van der Waals surface area contributed by atoms with Crippen LogP contribution in [0.15, 0.2) is 18.2 Å². The van der Waals surface area contributed by atoms with E-state index in [-0.39, 0.29) is 11.3 Å². The van der Waals surface area contributed by atoms with E-state index in [1.807, 2.05) is 18.2 Å². The van der Waals surface area contributed by atoms with Crippen molar-refractivity contribution >= 4 is 5.91 Å². The van der Waals surface area contributed by atoms with Gasteiger partial charge in [-0.05, 0) is 42.5 Å². The molecular formula is C15H22N2O3. The van der Waals surface area contributed by atoms with Crippen LogP contribution in [0.5, 0.6) is 11.5 Å². The lowest BCUT2D eigenvalue weighted by Crippen LogP contribution is -2.34. The van der Waals surface area contributed by atoms with Gasteiger partial charge >= 0.3 is 0 Å². The molecule has 0 saturated heterocycles. The minimum absolute atomic E-state index is 0.0111. The number of nitrogens with two attached hydrogens (primary N) is 1. The Kier molecular flexibility index (Phi) is 4.49. The lowest BCUT2D eigenvalue weighted by molar-refractivity contribution is -0.120. The summed E-state index contributed by atoms with van der Waals surface area (Å²) in [6.07, 6.45) is 2.56. The molecule has 20 heavy (non-hydrogen) atoms. The van der Waals surface area contributed by atoms with Crippen LogP contribution in [0.2, 0.25) is 0 Å². The van der Waals surface area contributed by atoms with Crippen molar-refractivity contribution < 1.29 is 14.3 Å². The smallest absolute Gasteiger partial charge is 0.224 e. The first-order valence-electron chi connectivity index (χ1n) is 6.80. The van der Waals surface area contributed by atoms with E-state index in [2.05, 4.69) is 5.32 Å². The van der Waals surface area contributed by atoms with Crippen LogP contribution in [-0.4, -0.2) is 33.2 Å². The number of hydrogen-bond donors (Lipinski definition) is 2. The Hall–Kier alpha value is -1.75. The zero-order valence-corrected chi connectivity index (χ0v) is 12.1. The quantitative estimate of drug-likeness (QED) is 0.783. The number of ether oxygens (including phenoxy) is 2. The fourth-order valence-corrected chi connectivity index (χ4v) is 2.15. The monoisotopic (exact) mass is 278 g/mol. The predicted octanol–water partition coefficient (Wildman–Crippen LogP) is 1.10. The number of amides is 1. The second-order valence-corrected chi connectivity index (χ2v) is 5.35. The first-order chi connectivity index (χ1) is 9.62. The molecule has 0 aromatic heterocycles. The number of hydrogen-bond acceptors (Lipinski definition) is 4. The molecule has 1 aromatic carbocycles. The fraction of sp³-hybridized carbons (Fsp3) is 0.533. The molecule has 1 fully saturated rings. The maximum absolute atomic E-state index is 11.9. The van der Waals surface area contributed by atoms with E-state index in [9.17, 15) is 4.79 Å². The highest BCUT2D eigenvalue weighted by molar-refractivity contribution is 5.78. The Balaban J connectivity index is 1.90. The number of carbonyl (C=O) groups excluding carboxylic acids is 1. The van der Waals surface area contributed by atoms with E-state index < -0.39 is 0 Å². The SMILES string of the molecule is COc1ccc(CC(=O)NCC2(CN)CC2)cc1OC. The molecule has 0 spiro atoms. The van der Waals surface area contributed by atoms with Crippen LogP contribution in [0.3, 0.4) is 0 Å². The Morgan fingerprint density at radius 1 is 1.30 bits per heavy atom. The molecular weight excluding hydrogens is 256 g/mol. The van der Waals surface area contributed by atoms with Crippen molar-refractivity contribution in [1.29, 1.82) is 0 Å². The Bertz CT molecular complexity index is 484. The average Bonchev–Trinajstić information content (AvgIpc) is 3.25. The summed E-state index contributed by atoms with van der Waals surface area (Å²) < 4.78 is 10.4. The van der Waals surface area contributed by atoms with Crippen LogP contribution < -0.4 is 20.5 Å². The van der Waals surface area contributed by atoms with Gasteiger partial charge in [-0.3, -0.25) is 4.79 Å². The van der Waals surface area contributed by atoms with Gasteiger partial charge in [0.25, 0.3) is 0 Å². The zero-order chi connectivity index (χ0) is 14.6. The van der Waals surface area contributed by atoms with Crippen LogP contribution in [0, 0.1) is 5.41 Å². The maximum atomic E-state index is 11.9. The molecule has 3 N–H and O–H groups in total. The number of carbonyl (C=O) groups is 1. The first kappa shape index (κ1) is 14.7. The summed E-state index contributed by atoms with van der Waals surface area (Å²) in [6.45, 7) is 1.32. The number of benzene rings is 1. The zero-order valence-electron chi connectivity index (χ0n) is 12.1. The highest BCUT2D eigenvalue weighted by atomic mass is 16.5. The predicted molar refractivity (Wildman–Crippen MR) is 77.0 cm³/mol. The van der Waals surface area contributed by atoms with Gasteiger partial charge in [0.05, 0.1) is 20.6 Å². The largest absolute Gasteiger partial charge is 0.493 e. The van der Waals surface area contributed by atoms with Gasteiger partial charge in [0.2, 0.25) is 5.91 Å². The van der Waals surface area contributed by atoms with E-state index in [1.165, 1.54) is 0 Å². The van der Waals surface area contributed by atoms with Gasteiger partial charge in [0, 0.05) is 6.54 Å². The molecule has 5 nitrogen and oxygen atoms in total. The maximum Gasteiger partial charge on any atom is 0.224 e. The first-order valence-corrected chi connectivity index (χ1v) is 6.80. The van der Waals surface area contributed by atoms with Gasteiger partial charge in [-0.25, -0.2) is 0 Å². The second-order valence-electron chi connectivity index (χ2n) is 5.35. The van der Waals surface area contributed by atoms with Crippen molar-refractivity contribution in [3.05, 3.63) is 23.8 Å². The molecule has 0 bridgehead atoms. The lowest BCUT2D eigenvalue weighted by atomic mass is 10.1. The number of nitrogens with one attached hydrogen (secondary N) is 1. The molecule has 1 aliphatic rings. The molecule has 0 atom stereocenters. The number of rotatable bonds is 7. The molecule has 0 unspecified atom stereocenters. The molecule has 1 saturated carbocycles. The third kappa shape index (κ3) is 3.42. The molecule has 0 radical (unpaired) electrons. The molecule has 110 valence electrons. The minimum atomic E-state index is 0.0111. The molecule has 2 rings (SSSR count). The summed E-state index contributed by atoms with van der Waals surface area (Å²) in [5.41, 5.74) is 6.76. The standard InChI is InChI=1S/C15H22N2O3/c1-19-12-4-3-11(7-13(12)20-2)8-14(18)17-10-15(9-16)5-6-15/h3-4,7H,5-6,8-10,16H2,1-2H3,(H,17,18). The summed E-state index contributed by atoms with van der Waals surface area (Å²) in [5.74, 6) is 1.31. The van der Waals surface area contributed by atoms with Gasteiger partial charge in [0.15, 0.2) is 11.5 Å². The highest BCUT2D eigenvalue weighted by Gasteiger charge is 2.41. The summed E-state index contributed by atoms with van der Waals surface area (Å²) in [5, 5.41) is 2.96. The minimum Gasteiger partial charge on any atom is -0.493 e. The molecule has 1 aromatic rings. The fourth-order valence-electron chi connectivity index (χ4n) is 2.15. The average molecular weight is 278 g/mol. The number of methoxy groups -OCH3 is 2. The van der Waals surface area contributed by atoms with Crippen molar-refractivity contribution in [3.63, 3.8) is 0 Å². The van der Waals surface area contributed by atoms with E-state index in [4.69, 9.17) is 15.2 Å². The van der Waals surface area contributed by atoms with Crippen LogP contribution in [-0.2, 0) is 11.2 Å². The highest BCUT2D eigenvalue weighted by Crippen LogP contribution is 2.43. The normalized spacial score (nSPS) is 15.6. The van der Waals surface area contributed by atoms with Crippen molar-refractivity contribution in [2.75, 3.05) is 27.3 Å². The van der Waals surface area contributed by atoms with Crippen LogP contribution >= 0.6 is 0 Å². The van der Waals surface area contributed by atoms with E-state index in [1.54, 1.807) is 14.2 Å². The third-order valence-electron chi connectivity index (χ3n) is 3.86. The summed E-state index contributed by atoms with van der Waals surface area (Å²) in [6, 6.07) is 5.51. The Morgan fingerprint density at radius 2 is 2.00 bits per heavy atom. The van der Waals surface area contributed by atoms with Crippen molar-refractivity contribution in [2.45, 2.75) is 19.3 Å². The van der Waals surface area contributed by atoms with Gasteiger partial charge in [0.1, 0.15) is 0 Å². The van der Waals surface area contributed by atoms with Crippen LogP contribution in [0.1, 0.15) is 18.4 Å². The molecule has 0 heterocycles. The van der Waals surface area contributed by atoms with Gasteiger partial charge in [-0.2, -0.15) is 0 Å². The Morgan fingerprint density at radius 3 is 2.55 bits per heavy atom. The van der Waals surface area contributed by atoms with Crippen molar-refractivity contribution in [1.82, 2.24) is 5.32 Å². The third-order valence-corrected chi connectivity index (χ3v) is 3.86. The van der Waals surface area contributed by atoms with E-state index >= 15 is 0 Å². The van der Waals surface area contributed by atoms with Gasteiger partial charge in [-0.15, -0.1) is 0 Å². The Labute approximate surface area is 119 Å². The van der Waals surface area contributed by atoms with Crippen molar-refractivity contribution in [2.24, 2.45) is 11.1 Å². The topological polar surface area (TPSA) is 73.6 Å². The van der Waals surface area contributed by atoms with Gasteiger partial charge < -0.3 is 20.5 Å².